The van der Waals surface area contributed by atoms with E-state index in [9.17, 15) is 9.59 Å². The second-order valence-corrected chi connectivity index (χ2v) is 4.65. The Morgan fingerprint density at radius 1 is 0.900 bits per heavy atom. The monoisotopic (exact) mass is 268 g/mol. The lowest BCUT2D eigenvalue weighted by Crippen LogP contribution is -2.07. The van der Waals surface area contributed by atoms with Crippen molar-refractivity contribution >= 4 is 11.6 Å². The number of hydrogen-bond donors (Lipinski definition) is 0. The Balaban J connectivity index is 1.96. The smallest absolute Gasteiger partial charge is 0.144 e. The third-order valence-electron chi connectivity index (χ3n) is 2.75. The summed E-state index contributed by atoms with van der Waals surface area (Å²) >= 11 is 0. The first-order chi connectivity index (χ1) is 9.63. The summed E-state index contributed by atoms with van der Waals surface area (Å²) in [6.07, 6.45) is 0.285. The molecule has 0 amide bonds. The van der Waals surface area contributed by atoms with Crippen LogP contribution >= 0.6 is 0 Å². The number of Topliss-reactive ketones (excluding diaryl/α,β-unsaturated/α-hetero) is 2. The fourth-order valence-corrected chi connectivity index (χ4v) is 1.87. The summed E-state index contributed by atoms with van der Waals surface area (Å²) in [4.78, 5) is 22.4. The van der Waals surface area contributed by atoms with Crippen molar-refractivity contribution in [2.45, 2.75) is 19.8 Å². The highest BCUT2D eigenvalue weighted by atomic mass is 16.5. The number of ketones is 2. The van der Waals surface area contributed by atoms with Crippen LogP contribution in [-0.2, 0) is 16.0 Å². The van der Waals surface area contributed by atoms with Crippen molar-refractivity contribution in [3.8, 4) is 11.5 Å². The van der Waals surface area contributed by atoms with Crippen LogP contribution in [0.3, 0.4) is 0 Å². The molecule has 0 N–H and O–H groups in total. The second kappa shape index (κ2) is 6.66. The predicted molar refractivity (Wildman–Crippen MR) is 77.0 cm³/mol. The molecule has 0 aliphatic carbocycles. The van der Waals surface area contributed by atoms with Crippen molar-refractivity contribution in [2.75, 3.05) is 0 Å². The molecular formula is C17H16O3. The number of rotatable bonds is 6. The topological polar surface area (TPSA) is 43.4 Å². The molecule has 0 aromatic heterocycles. The minimum Gasteiger partial charge on any atom is -0.457 e. The fourth-order valence-electron chi connectivity index (χ4n) is 1.87. The van der Waals surface area contributed by atoms with Gasteiger partial charge in [-0.25, -0.2) is 0 Å². The molecule has 2 aromatic carbocycles. The molecule has 0 aliphatic heterocycles. The molecule has 0 aliphatic rings. The van der Waals surface area contributed by atoms with Crippen LogP contribution in [0.4, 0.5) is 0 Å². The first-order valence-electron chi connectivity index (χ1n) is 6.46. The molecule has 102 valence electrons. The summed E-state index contributed by atoms with van der Waals surface area (Å²) in [5, 5.41) is 0. The maximum atomic E-state index is 11.5. The molecule has 0 heterocycles. The van der Waals surface area contributed by atoms with Gasteiger partial charge in [-0.2, -0.15) is 0 Å². The Bertz CT molecular complexity index is 585. The van der Waals surface area contributed by atoms with Crippen molar-refractivity contribution in [3.63, 3.8) is 0 Å². The van der Waals surface area contributed by atoms with Gasteiger partial charge in [-0.05, 0) is 36.8 Å². The van der Waals surface area contributed by atoms with Crippen molar-refractivity contribution in [2.24, 2.45) is 0 Å². The Morgan fingerprint density at radius 2 is 1.50 bits per heavy atom. The molecule has 2 aromatic rings. The minimum atomic E-state index is -0.0981. The van der Waals surface area contributed by atoms with Gasteiger partial charge in [-0.3, -0.25) is 9.59 Å². The van der Waals surface area contributed by atoms with E-state index in [4.69, 9.17) is 4.74 Å². The number of benzene rings is 2. The second-order valence-electron chi connectivity index (χ2n) is 4.65. The van der Waals surface area contributed by atoms with Gasteiger partial charge in [0.15, 0.2) is 0 Å². The van der Waals surface area contributed by atoms with E-state index >= 15 is 0 Å². The lowest BCUT2D eigenvalue weighted by atomic mass is 10.1. The maximum Gasteiger partial charge on any atom is 0.144 e. The van der Waals surface area contributed by atoms with Crippen LogP contribution in [0.2, 0.25) is 0 Å². The summed E-state index contributed by atoms with van der Waals surface area (Å²) in [6, 6.07) is 16.8. The lowest BCUT2D eigenvalue weighted by molar-refractivity contribution is -0.125. The molecule has 0 saturated carbocycles. The molecule has 3 nitrogen and oxygen atoms in total. The summed E-state index contributed by atoms with van der Waals surface area (Å²) in [5.74, 6) is 1.33. The largest absolute Gasteiger partial charge is 0.457 e. The molecule has 0 unspecified atom stereocenters. The van der Waals surface area contributed by atoms with E-state index < -0.39 is 0 Å². The van der Waals surface area contributed by atoms with Gasteiger partial charge in [-0.1, -0.05) is 30.3 Å². The number of ether oxygens (including phenoxy) is 1. The van der Waals surface area contributed by atoms with Crippen molar-refractivity contribution < 1.29 is 14.3 Å². The summed E-state index contributed by atoms with van der Waals surface area (Å²) in [5.41, 5.74) is 0.886. The molecule has 0 atom stereocenters. The maximum absolute atomic E-state index is 11.5. The highest BCUT2D eigenvalue weighted by Gasteiger charge is 2.06. The van der Waals surface area contributed by atoms with E-state index in [0.29, 0.717) is 0 Å². The van der Waals surface area contributed by atoms with Crippen LogP contribution in [0.5, 0.6) is 11.5 Å². The van der Waals surface area contributed by atoms with Crippen molar-refractivity contribution in [3.05, 3.63) is 60.2 Å². The van der Waals surface area contributed by atoms with Crippen LogP contribution in [-0.4, -0.2) is 11.6 Å². The quantitative estimate of drug-likeness (QED) is 0.752. The molecule has 3 heteroatoms. The predicted octanol–water partition coefficient (Wildman–Crippen LogP) is 3.57. The van der Waals surface area contributed by atoms with Gasteiger partial charge in [0, 0.05) is 6.42 Å². The molecule has 0 bridgehead atoms. The SMILES string of the molecule is CC(=O)CC(=O)Cc1ccc(Oc2ccccc2)cc1. The van der Waals surface area contributed by atoms with Crippen LogP contribution in [0, 0.1) is 0 Å². The molecule has 2 rings (SSSR count). The molecule has 0 fully saturated rings. The third-order valence-corrected chi connectivity index (χ3v) is 2.75. The van der Waals surface area contributed by atoms with Crippen molar-refractivity contribution in [1.29, 1.82) is 0 Å². The van der Waals surface area contributed by atoms with E-state index in [0.717, 1.165) is 17.1 Å². The van der Waals surface area contributed by atoms with Crippen molar-refractivity contribution in [1.82, 2.24) is 0 Å². The zero-order valence-corrected chi connectivity index (χ0v) is 11.3. The van der Waals surface area contributed by atoms with Gasteiger partial charge in [0.25, 0.3) is 0 Å². The Kier molecular flexibility index (Phi) is 4.66. The molecule has 20 heavy (non-hydrogen) atoms. The Labute approximate surface area is 118 Å². The zero-order chi connectivity index (χ0) is 14.4. The van der Waals surface area contributed by atoms with Gasteiger partial charge >= 0.3 is 0 Å². The standard InChI is InChI=1S/C17H16O3/c1-13(18)11-15(19)12-14-7-9-17(10-8-14)20-16-5-3-2-4-6-16/h2-10H,11-12H2,1H3. The van der Waals surface area contributed by atoms with Crippen LogP contribution in [0.1, 0.15) is 18.9 Å². The van der Waals surface area contributed by atoms with Crippen LogP contribution < -0.4 is 4.74 Å². The van der Waals surface area contributed by atoms with Gasteiger partial charge in [0.05, 0.1) is 6.42 Å². The Morgan fingerprint density at radius 3 is 2.10 bits per heavy atom. The summed E-state index contributed by atoms with van der Waals surface area (Å²) in [7, 11) is 0. The summed E-state index contributed by atoms with van der Waals surface area (Å²) < 4.78 is 5.66. The normalized spacial score (nSPS) is 10.1. The van der Waals surface area contributed by atoms with E-state index in [-0.39, 0.29) is 24.4 Å². The summed E-state index contributed by atoms with van der Waals surface area (Å²) in [6.45, 7) is 1.43. The van der Waals surface area contributed by atoms with Gasteiger partial charge < -0.3 is 4.74 Å². The average Bonchev–Trinajstić information content (AvgIpc) is 2.41. The number of hydrogen-bond acceptors (Lipinski definition) is 3. The third kappa shape index (κ3) is 4.35. The van der Waals surface area contributed by atoms with Gasteiger partial charge in [0.2, 0.25) is 0 Å². The molecule has 0 saturated heterocycles. The highest BCUT2D eigenvalue weighted by Crippen LogP contribution is 2.21. The van der Waals surface area contributed by atoms with E-state index in [1.807, 2.05) is 54.6 Å². The van der Waals surface area contributed by atoms with Gasteiger partial charge in [-0.15, -0.1) is 0 Å². The van der Waals surface area contributed by atoms with Gasteiger partial charge in [0.1, 0.15) is 23.1 Å². The molecule has 0 radical (unpaired) electrons. The Hall–Kier alpha value is -2.42. The number of carbonyl (C=O) groups is 2. The van der Waals surface area contributed by atoms with E-state index in [2.05, 4.69) is 0 Å². The van der Waals surface area contributed by atoms with E-state index in [1.165, 1.54) is 6.92 Å². The van der Waals surface area contributed by atoms with Crippen LogP contribution in [0.25, 0.3) is 0 Å². The number of para-hydroxylation sites is 1. The van der Waals surface area contributed by atoms with Crippen LogP contribution in [0.15, 0.2) is 54.6 Å². The highest BCUT2D eigenvalue weighted by molar-refractivity contribution is 5.98. The fraction of sp³-hybridized carbons (Fsp3) is 0.176. The first-order valence-corrected chi connectivity index (χ1v) is 6.46. The lowest BCUT2D eigenvalue weighted by Gasteiger charge is -2.06. The average molecular weight is 268 g/mol. The first kappa shape index (κ1) is 14.0. The number of carbonyl (C=O) groups excluding carboxylic acids is 2. The molecular weight excluding hydrogens is 252 g/mol. The zero-order valence-electron chi connectivity index (χ0n) is 11.3. The molecule has 0 spiro atoms. The van der Waals surface area contributed by atoms with E-state index in [1.54, 1.807) is 0 Å². The minimum absolute atomic E-state index is 0.00225.